The van der Waals surface area contributed by atoms with E-state index in [1.165, 1.54) is 0 Å². The average Bonchev–Trinajstić information content (AvgIpc) is 2.65. The zero-order valence-electron chi connectivity index (χ0n) is 9.91. The number of rotatable bonds is 4. The van der Waals surface area contributed by atoms with Crippen LogP contribution in [0.1, 0.15) is 42.6 Å². The van der Waals surface area contributed by atoms with Gasteiger partial charge in [0.2, 0.25) is 0 Å². The lowest BCUT2D eigenvalue weighted by Gasteiger charge is -2.16. The molecular formula is C10H18N4OS. The van der Waals surface area contributed by atoms with E-state index < -0.39 is 0 Å². The van der Waals surface area contributed by atoms with E-state index in [-0.39, 0.29) is 11.3 Å². The van der Waals surface area contributed by atoms with E-state index in [1.807, 2.05) is 20.8 Å². The van der Waals surface area contributed by atoms with Crippen LogP contribution in [0.3, 0.4) is 0 Å². The number of aromatic nitrogens is 2. The highest BCUT2D eigenvalue weighted by Gasteiger charge is 2.25. The monoisotopic (exact) mass is 242 g/mol. The van der Waals surface area contributed by atoms with Crippen LogP contribution >= 0.6 is 11.5 Å². The number of nitrogens with two attached hydrogens (primary N) is 1. The van der Waals surface area contributed by atoms with Crippen molar-refractivity contribution < 1.29 is 4.79 Å². The maximum Gasteiger partial charge on any atom is 0.264 e. The van der Waals surface area contributed by atoms with Crippen molar-refractivity contribution in [3.8, 4) is 0 Å². The summed E-state index contributed by atoms with van der Waals surface area (Å²) < 4.78 is 3.84. The number of hydrogen-bond acceptors (Lipinski definition) is 5. The Morgan fingerprint density at radius 3 is 2.75 bits per heavy atom. The largest absolute Gasteiger partial charge is 0.351 e. The molecule has 3 N–H and O–H groups in total. The second-order valence-electron chi connectivity index (χ2n) is 4.60. The number of carbonyl (C=O) groups is 1. The maximum absolute atomic E-state index is 11.8. The van der Waals surface area contributed by atoms with Gasteiger partial charge in [0.15, 0.2) is 0 Å². The predicted molar refractivity (Wildman–Crippen MR) is 64.6 cm³/mol. The normalized spacial score (nSPS) is 11.5. The minimum atomic E-state index is -0.159. The van der Waals surface area contributed by atoms with E-state index in [9.17, 15) is 4.79 Å². The van der Waals surface area contributed by atoms with Gasteiger partial charge in [-0.3, -0.25) is 4.79 Å². The highest BCUT2D eigenvalue weighted by atomic mass is 32.1. The Hall–Kier alpha value is -1.01. The minimum Gasteiger partial charge on any atom is -0.351 e. The molecule has 0 aliphatic carbocycles. The van der Waals surface area contributed by atoms with Crippen LogP contribution in [0.25, 0.3) is 0 Å². The summed E-state index contributed by atoms with van der Waals surface area (Å²) in [4.78, 5) is 12.4. The highest BCUT2D eigenvalue weighted by Crippen LogP contribution is 2.25. The summed E-state index contributed by atoms with van der Waals surface area (Å²) in [6.07, 6.45) is 0.781. The molecule has 0 spiro atoms. The summed E-state index contributed by atoms with van der Waals surface area (Å²) in [5.41, 5.74) is 5.95. The molecule has 6 heteroatoms. The van der Waals surface area contributed by atoms with Gasteiger partial charge in [-0.1, -0.05) is 25.3 Å². The first kappa shape index (κ1) is 13.1. The quantitative estimate of drug-likeness (QED) is 0.769. The van der Waals surface area contributed by atoms with E-state index in [2.05, 4.69) is 14.9 Å². The van der Waals surface area contributed by atoms with Gasteiger partial charge in [-0.15, -0.1) is 5.10 Å². The molecule has 5 nitrogen and oxygen atoms in total. The molecular weight excluding hydrogens is 224 g/mol. The standard InChI is InChI=1S/C10H18N4OS/c1-10(2,3)8-7(16-14-13-8)9(15)12-6-4-5-11/h4-6,11H2,1-3H3,(H,12,15). The molecule has 1 rings (SSSR count). The molecule has 0 bridgehead atoms. The van der Waals surface area contributed by atoms with Crippen LogP contribution in [0.4, 0.5) is 0 Å². The fourth-order valence-electron chi connectivity index (χ4n) is 1.21. The maximum atomic E-state index is 11.8. The molecule has 0 fully saturated rings. The molecule has 0 unspecified atom stereocenters. The zero-order valence-corrected chi connectivity index (χ0v) is 10.7. The zero-order chi connectivity index (χ0) is 12.2. The number of hydrogen-bond donors (Lipinski definition) is 2. The summed E-state index contributed by atoms with van der Waals surface area (Å²) in [7, 11) is 0. The van der Waals surface area contributed by atoms with Crippen LogP contribution in [0.15, 0.2) is 0 Å². The first-order valence-electron chi connectivity index (χ1n) is 5.28. The van der Waals surface area contributed by atoms with Crippen LogP contribution in [0.2, 0.25) is 0 Å². The molecule has 0 atom stereocenters. The molecule has 0 saturated carbocycles. The van der Waals surface area contributed by atoms with Crippen molar-refractivity contribution in [3.63, 3.8) is 0 Å². The predicted octanol–water partition coefficient (Wildman–Crippen LogP) is 0.914. The Bertz CT molecular complexity index is 356. The Balaban J connectivity index is 2.73. The van der Waals surface area contributed by atoms with Crippen LogP contribution < -0.4 is 11.1 Å². The van der Waals surface area contributed by atoms with Crippen LogP contribution in [0.5, 0.6) is 0 Å². The Kier molecular flexibility index (Phi) is 4.37. The summed E-state index contributed by atoms with van der Waals surface area (Å²) >= 11 is 1.14. The molecule has 1 heterocycles. The summed E-state index contributed by atoms with van der Waals surface area (Å²) in [6.45, 7) is 7.21. The van der Waals surface area contributed by atoms with E-state index in [4.69, 9.17) is 5.73 Å². The number of amides is 1. The van der Waals surface area contributed by atoms with Gasteiger partial charge in [-0.2, -0.15) is 0 Å². The Morgan fingerprint density at radius 1 is 1.50 bits per heavy atom. The minimum absolute atomic E-state index is 0.103. The highest BCUT2D eigenvalue weighted by molar-refractivity contribution is 7.08. The molecule has 90 valence electrons. The van der Waals surface area contributed by atoms with Gasteiger partial charge in [0, 0.05) is 12.0 Å². The van der Waals surface area contributed by atoms with E-state index in [0.29, 0.717) is 18.0 Å². The topological polar surface area (TPSA) is 80.9 Å². The smallest absolute Gasteiger partial charge is 0.264 e. The third kappa shape index (κ3) is 3.24. The second-order valence-corrected chi connectivity index (χ2v) is 5.35. The molecule has 1 aromatic heterocycles. The van der Waals surface area contributed by atoms with E-state index in [0.717, 1.165) is 23.6 Å². The molecule has 0 aromatic carbocycles. The van der Waals surface area contributed by atoms with Gasteiger partial charge in [-0.25, -0.2) is 0 Å². The lowest BCUT2D eigenvalue weighted by molar-refractivity contribution is 0.0955. The second kappa shape index (κ2) is 5.36. The number of nitrogens with one attached hydrogen (secondary N) is 1. The lowest BCUT2D eigenvalue weighted by atomic mass is 9.91. The van der Waals surface area contributed by atoms with Crippen LogP contribution in [-0.4, -0.2) is 28.6 Å². The van der Waals surface area contributed by atoms with Crippen LogP contribution in [-0.2, 0) is 5.41 Å². The molecule has 16 heavy (non-hydrogen) atoms. The van der Waals surface area contributed by atoms with Gasteiger partial charge in [0.1, 0.15) is 4.88 Å². The third-order valence-electron chi connectivity index (χ3n) is 2.07. The average molecular weight is 242 g/mol. The Labute approximate surface area is 99.6 Å². The van der Waals surface area contributed by atoms with Crippen molar-refractivity contribution in [2.75, 3.05) is 13.1 Å². The first-order valence-corrected chi connectivity index (χ1v) is 6.05. The third-order valence-corrected chi connectivity index (χ3v) is 2.80. The number of carbonyl (C=O) groups excluding carboxylic acids is 1. The summed E-state index contributed by atoms with van der Waals surface area (Å²) in [5, 5.41) is 6.83. The van der Waals surface area contributed by atoms with Crippen molar-refractivity contribution >= 4 is 17.4 Å². The molecule has 1 amide bonds. The molecule has 0 aliphatic heterocycles. The van der Waals surface area contributed by atoms with E-state index >= 15 is 0 Å². The molecule has 0 radical (unpaired) electrons. The van der Waals surface area contributed by atoms with Gasteiger partial charge in [0.25, 0.3) is 5.91 Å². The van der Waals surface area contributed by atoms with Gasteiger partial charge < -0.3 is 11.1 Å². The number of nitrogens with zero attached hydrogens (tertiary/aromatic N) is 2. The van der Waals surface area contributed by atoms with Crippen molar-refractivity contribution in [2.45, 2.75) is 32.6 Å². The van der Waals surface area contributed by atoms with Gasteiger partial charge in [0.05, 0.1) is 5.69 Å². The fourth-order valence-corrected chi connectivity index (χ4v) is 2.01. The molecule has 0 saturated heterocycles. The molecule has 0 aliphatic rings. The van der Waals surface area contributed by atoms with Gasteiger partial charge in [-0.05, 0) is 24.5 Å². The van der Waals surface area contributed by atoms with Crippen molar-refractivity contribution in [1.82, 2.24) is 14.9 Å². The van der Waals surface area contributed by atoms with Crippen molar-refractivity contribution in [1.29, 1.82) is 0 Å². The summed E-state index contributed by atoms with van der Waals surface area (Å²) in [6, 6.07) is 0. The van der Waals surface area contributed by atoms with E-state index in [1.54, 1.807) is 0 Å². The summed E-state index contributed by atoms with van der Waals surface area (Å²) in [5.74, 6) is -0.103. The lowest BCUT2D eigenvalue weighted by Crippen LogP contribution is -2.28. The fraction of sp³-hybridized carbons (Fsp3) is 0.700. The van der Waals surface area contributed by atoms with Crippen molar-refractivity contribution in [2.24, 2.45) is 5.73 Å². The molecule has 1 aromatic rings. The van der Waals surface area contributed by atoms with Gasteiger partial charge >= 0.3 is 0 Å². The van der Waals surface area contributed by atoms with Crippen LogP contribution in [0, 0.1) is 0 Å². The SMILES string of the molecule is CC(C)(C)c1nnsc1C(=O)NCCCN. The first-order chi connectivity index (χ1) is 7.46. The van der Waals surface area contributed by atoms with Crippen molar-refractivity contribution in [3.05, 3.63) is 10.6 Å². The Morgan fingerprint density at radius 2 is 2.19 bits per heavy atom.